The Labute approximate surface area is 107 Å². The van der Waals surface area contributed by atoms with Gasteiger partial charge in [-0.2, -0.15) is 0 Å². The number of amides is 1. The standard InChI is InChI=1S/C12H22N2O4/c1-10(14-5-3-2-4-6-14)7-13-11(15)8-18-9-12(16)17/h10H,2-9H2,1H3,(H,13,15)(H,16,17). The number of carboxylic acids is 1. The van der Waals surface area contributed by atoms with Gasteiger partial charge >= 0.3 is 5.97 Å². The summed E-state index contributed by atoms with van der Waals surface area (Å²) in [6.07, 6.45) is 3.73. The summed E-state index contributed by atoms with van der Waals surface area (Å²) < 4.78 is 4.71. The number of likely N-dealkylation sites (tertiary alicyclic amines) is 1. The molecule has 1 atom stereocenters. The number of carbonyl (C=O) groups excluding carboxylic acids is 1. The number of aliphatic carboxylic acids is 1. The van der Waals surface area contributed by atoms with Crippen LogP contribution in [0.2, 0.25) is 0 Å². The van der Waals surface area contributed by atoms with Crippen molar-refractivity contribution in [2.24, 2.45) is 0 Å². The van der Waals surface area contributed by atoms with Gasteiger partial charge in [0.1, 0.15) is 13.2 Å². The van der Waals surface area contributed by atoms with Crippen LogP contribution in [-0.2, 0) is 14.3 Å². The minimum Gasteiger partial charge on any atom is -0.480 e. The molecule has 1 fully saturated rings. The molecule has 0 aromatic rings. The van der Waals surface area contributed by atoms with Gasteiger partial charge in [-0.15, -0.1) is 0 Å². The van der Waals surface area contributed by atoms with Crippen molar-refractivity contribution in [3.8, 4) is 0 Å². The van der Waals surface area contributed by atoms with Crippen LogP contribution in [0.5, 0.6) is 0 Å². The highest BCUT2D eigenvalue weighted by atomic mass is 16.5. The van der Waals surface area contributed by atoms with E-state index in [1.807, 2.05) is 0 Å². The van der Waals surface area contributed by atoms with E-state index in [1.54, 1.807) is 0 Å². The van der Waals surface area contributed by atoms with Crippen molar-refractivity contribution in [1.29, 1.82) is 0 Å². The smallest absolute Gasteiger partial charge is 0.329 e. The van der Waals surface area contributed by atoms with E-state index in [4.69, 9.17) is 9.84 Å². The molecule has 18 heavy (non-hydrogen) atoms. The second-order valence-corrected chi connectivity index (χ2v) is 4.64. The molecule has 0 radical (unpaired) electrons. The number of rotatable bonds is 7. The number of nitrogens with one attached hydrogen (secondary N) is 1. The molecule has 6 heteroatoms. The predicted molar refractivity (Wildman–Crippen MR) is 66.4 cm³/mol. The van der Waals surface area contributed by atoms with Crippen LogP contribution in [0, 0.1) is 0 Å². The molecule has 0 aromatic heterocycles. The first-order valence-corrected chi connectivity index (χ1v) is 6.40. The van der Waals surface area contributed by atoms with Gasteiger partial charge in [-0.3, -0.25) is 9.69 Å². The third-order valence-electron chi connectivity index (χ3n) is 3.07. The lowest BCUT2D eigenvalue weighted by molar-refractivity contribution is -0.143. The Morgan fingerprint density at radius 1 is 1.28 bits per heavy atom. The van der Waals surface area contributed by atoms with Gasteiger partial charge in [0.2, 0.25) is 5.91 Å². The highest BCUT2D eigenvalue weighted by Crippen LogP contribution is 2.11. The molecule has 104 valence electrons. The van der Waals surface area contributed by atoms with E-state index in [1.165, 1.54) is 19.3 Å². The number of hydrogen-bond acceptors (Lipinski definition) is 4. The van der Waals surface area contributed by atoms with Crippen molar-refractivity contribution in [2.45, 2.75) is 32.2 Å². The summed E-state index contributed by atoms with van der Waals surface area (Å²) >= 11 is 0. The fourth-order valence-corrected chi connectivity index (χ4v) is 2.03. The Morgan fingerprint density at radius 3 is 2.56 bits per heavy atom. The number of carboxylic acid groups (broad SMARTS) is 1. The van der Waals surface area contributed by atoms with Crippen molar-refractivity contribution in [3.05, 3.63) is 0 Å². The van der Waals surface area contributed by atoms with E-state index in [0.29, 0.717) is 12.6 Å². The highest BCUT2D eigenvalue weighted by molar-refractivity contribution is 5.77. The zero-order valence-electron chi connectivity index (χ0n) is 10.9. The quantitative estimate of drug-likeness (QED) is 0.676. The van der Waals surface area contributed by atoms with Crippen molar-refractivity contribution < 1.29 is 19.4 Å². The van der Waals surface area contributed by atoms with E-state index in [0.717, 1.165) is 13.1 Å². The molecule has 1 saturated heterocycles. The lowest BCUT2D eigenvalue weighted by Gasteiger charge is -2.32. The number of ether oxygens (including phenoxy) is 1. The van der Waals surface area contributed by atoms with E-state index >= 15 is 0 Å². The maximum atomic E-state index is 11.4. The monoisotopic (exact) mass is 258 g/mol. The van der Waals surface area contributed by atoms with Gasteiger partial charge < -0.3 is 15.2 Å². The Kier molecular flexibility index (Phi) is 6.67. The summed E-state index contributed by atoms with van der Waals surface area (Å²) in [5.74, 6) is -1.33. The van der Waals surface area contributed by atoms with E-state index in [-0.39, 0.29) is 12.5 Å². The zero-order valence-corrected chi connectivity index (χ0v) is 10.9. The van der Waals surface area contributed by atoms with Crippen LogP contribution in [-0.4, -0.2) is 60.8 Å². The summed E-state index contributed by atoms with van der Waals surface area (Å²) in [7, 11) is 0. The third kappa shape index (κ3) is 5.97. The summed E-state index contributed by atoms with van der Waals surface area (Å²) in [4.78, 5) is 23.9. The molecule has 0 saturated carbocycles. The second kappa shape index (κ2) is 8.05. The average molecular weight is 258 g/mol. The molecule has 6 nitrogen and oxygen atoms in total. The normalized spacial score (nSPS) is 18.3. The Balaban J connectivity index is 2.11. The molecular formula is C12H22N2O4. The average Bonchev–Trinajstić information content (AvgIpc) is 2.36. The number of carbonyl (C=O) groups is 2. The van der Waals surface area contributed by atoms with Gasteiger partial charge in [0.25, 0.3) is 0 Å². The van der Waals surface area contributed by atoms with Gasteiger partial charge in [0.15, 0.2) is 0 Å². The molecule has 0 spiro atoms. The summed E-state index contributed by atoms with van der Waals surface area (Å²) in [6.45, 7) is 4.21. The number of hydrogen-bond donors (Lipinski definition) is 2. The topological polar surface area (TPSA) is 78.9 Å². The maximum Gasteiger partial charge on any atom is 0.329 e. The maximum absolute atomic E-state index is 11.4. The first kappa shape index (κ1) is 14.9. The van der Waals surface area contributed by atoms with E-state index < -0.39 is 12.6 Å². The fourth-order valence-electron chi connectivity index (χ4n) is 2.03. The van der Waals surface area contributed by atoms with Gasteiger partial charge in [-0.25, -0.2) is 4.79 Å². The molecule has 1 aliphatic rings. The predicted octanol–water partition coefficient (Wildman–Crippen LogP) is 0.0782. The van der Waals surface area contributed by atoms with Crippen molar-refractivity contribution >= 4 is 11.9 Å². The van der Waals surface area contributed by atoms with Gasteiger partial charge in [-0.1, -0.05) is 6.42 Å². The second-order valence-electron chi connectivity index (χ2n) is 4.64. The van der Waals surface area contributed by atoms with Crippen LogP contribution >= 0.6 is 0 Å². The van der Waals surface area contributed by atoms with Crippen LogP contribution in [0.4, 0.5) is 0 Å². The highest BCUT2D eigenvalue weighted by Gasteiger charge is 2.17. The summed E-state index contributed by atoms with van der Waals surface area (Å²) in [6, 6.07) is 0.314. The molecule has 1 aliphatic heterocycles. The zero-order chi connectivity index (χ0) is 13.4. The van der Waals surface area contributed by atoms with Crippen LogP contribution in [0.3, 0.4) is 0 Å². The number of nitrogens with zero attached hydrogens (tertiary/aromatic N) is 1. The molecule has 1 amide bonds. The lowest BCUT2D eigenvalue weighted by atomic mass is 10.1. The fraction of sp³-hybridized carbons (Fsp3) is 0.833. The SMILES string of the molecule is CC(CNC(=O)COCC(=O)O)N1CCCCC1. The Hall–Kier alpha value is -1.14. The first-order valence-electron chi connectivity index (χ1n) is 6.40. The van der Waals surface area contributed by atoms with Gasteiger partial charge in [-0.05, 0) is 32.9 Å². The van der Waals surface area contributed by atoms with Gasteiger partial charge in [0, 0.05) is 12.6 Å². The molecule has 0 aromatic carbocycles. The minimum absolute atomic E-state index is 0.195. The third-order valence-corrected chi connectivity index (χ3v) is 3.07. The Bertz CT molecular complexity index is 277. The van der Waals surface area contributed by atoms with Crippen LogP contribution < -0.4 is 5.32 Å². The van der Waals surface area contributed by atoms with Crippen LogP contribution in [0.1, 0.15) is 26.2 Å². The van der Waals surface area contributed by atoms with Crippen LogP contribution in [0.15, 0.2) is 0 Å². The number of piperidine rings is 1. The minimum atomic E-state index is -1.07. The summed E-state index contributed by atoms with van der Waals surface area (Å²) in [5.41, 5.74) is 0. The molecule has 2 N–H and O–H groups in total. The molecule has 0 bridgehead atoms. The van der Waals surface area contributed by atoms with E-state index in [9.17, 15) is 9.59 Å². The molecular weight excluding hydrogens is 236 g/mol. The van der Waals surface area contributed by atoms with Gasteiger partial charge in [0.05, 0.1) is 0 Å². The largest absolute Gasteiger partial charge is 0.480 e. The Morgan fingerprint density at radius 2 is 1.94 bits per heavy atom. The first-order chi connectivity index (χ1) is 8.59. The molecule has 1 heterocycles. The van der Waals surface area contributed by atoms with Crippen LogP contribution in [0.25, 0.3) is 0 Å². The van der Waals surface area contributed by atoms with Crippen molar-refractivity contribution in [1.82, 2.24) is 10.2 Å². The molecule has 1 unspecified atom stereocenters. The lowest BCUT2D eigenvalue weighted by Crippen LogP contribution is -2.45. The van der Waals surface area contributed by atoms with Crippen molar-refractivity contribution in [3.63, 3.8) is 0 Å². The van der Waals surface area contributed by atoms with E-state index in [2.05, 4.69) is 17.1 Å². The summed E-state index contributed by atoms with van der Waals surface area (Å²) in [5, 5.41) is 11.1. The van der Waals surface area contributed by atoms with Crippen molar-refractivity contribution in [2.75, 3.05) is 32.8 Å². The molecule has 1 rings (SSSR count). The molecule has 0 aliphatic carbocycles.